The molecule has 3 aromatic rings. The summed E-state index contributed by atoms with van der Waals surface area (Å²) in [6, 6.07) is 11.7. The van der Waals surface area contributed by atoms with E-state index in [9.17, 15) is 28.8 Å². The van der Waals surface area contributed by atoms with E-state index in [1.807, 2.05) is 101 Å². The van der Waals surface area contributed by atoms with Crippen molar-refractivity contribution in [3.8, 4) is 28.7 Å². The number of nitrogens with one attached hydrogen (secondary N) is 6. The zero-order valence-electron chi connectivity index (χ0n) is 48.8. The molecular weight excluding hydrogens is 1190 g/mol. The maximum absolute atomic E-state index is 13.1. The SMILES string of the molecule is COc1cc2c(cc1COCC(=O)NCCNC(=O)CCCC1CCSS1)Cc1cc(OC)c(OCC(=O)NCCNC(=O)CCCCC3CCSS3)cc1Cc1cc(OC)c(OCC(=O)NCCNC(=O)CCCCC3CCSS3)cc1C2. The van der Waals surface area contributed by atoms with E-state index in [-0.39, 0.29) is 81.5 Å². The number of benzene rings is 3. The van der Waals surface area contributed by atoms with Crippen molar-refractivity contribution in [2.45, 2.75) is 132 Å². The van der Waals surface area contributed by atoms with Gasteiger partial charge in [0.1, 0.15) is 12.4 Å². The Morgan fingerprint density at radius 3 is 1.12 bits per heavy atom. The molecule has 7 rings (SSSR count). The average molecular weight is 1270 g/mol. The minimum absolute atomic E-state index is 0.0165. The molecule has 18 nitrogen and oxygen atoms in total. The van der Waals surface area contributed by atoms with E-state index in [4.69, 9.17) is 28.4 Å². The van der Waals surface area contributed by atoms with Gasteiger partial charge in [0.15, 0.2) is 36.2 Å². The van der Waals surface area contributed by atoms with Gasteiger partial charge in [0, 0.05) is 97.1 Å². The predicted molar refractivity (Wildman–Crippen MR) is 342 cm³/mol. The van der Waals surface area contributed by atoms with Crippen LogP contribution in [0, 0.1) is 0 Å². The molecule has 3 saturated heterocycles. The van der Waals surface area contributed by atoms with Crippen molar-refractivity contribution in [1.82, 2.24) is 31.9 Å². The Kier molecular flexibility index (Phi) is 29.8. The zero-order chi connectivity index (χ0) is 59.3. The third-order valence-corrected chi connectivity index (χ3v) is 23.7. The van der Waals surface area contributed by atoms with E-state index in [0.29, 0.717) is 103 Å². The summed E-state index contributed by atoms with van der Waals surface area (Å²) in [6.07, 6.45) is 14.3. The van der Waals surface area contributed by atoms with Crippen LogP contribution in [0.3, 0.4) is 0 Å². The smallest absolute Gasteiger partial charge is 0.258 e. The number of carbonyl (C=O) groups is 6. The molecule has 6 amide bonds. The van der Waals surface area contributed by atoms with Crippen LogP contribution >= 0.6 is 64.8 Å². The summed E-state index contributed by atoms with van der Waals surface area (Å²) in [4.78, 5) is 76.4. The van der Waals surface area contributed by atoms with Gasteiger partial charge in [0.25, 0.3) is 11.8 Å². The molecule has 3 aromatic carbocycles. The average Bonchev–Trinajstić information content (AvgIpc) is 4.46. The maximum atomic E-state index is 13.1. The summed E-state index contributed by atoms with van der Waals surface area (Å²) < 4.78 is 36.1. The molecule has 3 atom stereocenters. The van der Waals surface area contributed by atoms with E-state index >= 15 is 0 Å². The number of carbonyl (C=O) groups excluding carboxylic acids is 6. The quantitative estimate of drug-likeness (QED) is 0.0185. The highest BCUT2D eigenvalue weighted by atomic mass is 33.1. The Morgan fingerprint density at radius 1 is 0.405 bits per heavy atom. The van der Waals surface area contributed by atoms with Gasteiger partial charge in [0.05, 0.1) is 27.9 Å². The Hall–Kier alpha value is -4.46. The van der Waals surface area contributed by atoms with Crippen LogP contribution in [0.4, 0.5) is 0 Å². The van der Waals surface area contributed by atoms with Gasteiger partial charge in [-0.15, -0.1) is 0 Å². The largest absolute Gasteiger partial charge is 0.496 e. The van der Waals surface area contributed by atoms with Gasteiger partial charge in [0.2, 0.25) is 23.6 Å². The molecule has 462 valence electrons. The van der Waals surface area contributed by atoms with Gasteiger partial charge >= 0.3 is 0 Å². The fourth-order valence-corrected chi connectivity index (χ4v) is 19.2. The minimum Gasteiger partial charge on any atom is -0.496 e. The fourth-order valence-electron chi connectivity index (χ4n) is 10.1. The minimum atomic E-state index is -0.350. The molecule has 3 fully saturated rings. The summed E-state index contributed by atoms with van der Waals surface area (Å²) in [5.74, 6) is 4.69. The third-order valence-electron chi connectivity index (χ3n) is 14.7. The molecule has 4 aliphatic rings. The molecule has 84 heavy (non-hydrogen) atoms. The molecule has 24 heteroatoms. The summed E-state index contributed by atoms with van der Waals surface area (Å²) in [6.45, 7) is 1.04. The van der Waals surface area contributed by atoms with Crippen LogP contribution < -0.4 is 55.6 Å². The standard InChI is InChI=1S/C60H84N6O12S6/c1-73-50-31-41-28-44-34-53(77-38-59(71)65-22-19-61-55(67)12-6-4-9-47-15-24-79-82-47)52(75-3)33-43(44)29-45-35-54(78-39-60(72)66-23-20-62-56(68)13-7-5-10-48-16-25-80-83-48)51(74-2)32-42(45)27-40(41)30-46(50)36-76-37-58(70)64-21-18-63-57(69)14-8-11-49-17-26-81-84-49/h30-35,47-49H,4-29,36-39H2,1-3H3,(H,61,67)(H,62,68)(H,63,69)(H,64,70)(H,65,71)(H,66,72). The van der Waals surface area contributed by atoms with E-state index in [2.05, 4.69) is 31.9 Å². The molecule has 0 saturated carbocycles. The van der Waals surface area contributed by atoms with Crippen LogP contribution in [0.15, 0.2) is 36.4 Å². The second-order valence-corrected chi connectivity index (χ2v) is 29.4. The first-order valence-electron chi connectivity index (χ1n) is 29.3. The van der Waals surface area contributed by atoms with Crippen molar-refractivity contribution in [2.75, 3.05) is 97.7 Å². The lowest BCUT2D eigenvalue weighted by molar-refractivity contribution is -0.126. The lowest BCUT2D eigenvalue weighted by Crippen LogP contribution is -2.36. The maximum Gasteiger partial charge on any atom is 0.258 e. The number of methoxy groups -OCH3 is 3. The van der Waals surface area contributed by atoms with Crippen molar-refractivity contribution >= 4 is 100 Å². The van der Waals surface area contributed by atoms with E-state index in [1.54, 1.807) is 21.3 Å². The topological polar surface area (TPSA) is 230 Å². The molecule has 0 aromatic heterocycles. The number of hydrogen-bond donors (Lipinski definition) is 6. The van der Waals surface area contributed by atoms with Crippen molar-refractivity contribution in [1.29, 1.82) is 0 Å². The molecule has 6 N–H and O–H groups in total. The van der Waals surface area contributed by atoms with Crippen molar-refractivity contribution < 1.29 is 57.2 Å². The Labute approximate surface area is 519 Å². The molecular formula is C60H84N6O12S6. The highest BCUT2D eigenvalue weighted by Gasteiger charge is 2.25. The Balaban J connectivity index is 0.987. The van der Waals surface area contributed by atoms with Crippen LogP contribution in [-0.4, -0.2) is 149 Å². The highest BCUT2D eigenvalue weighted by molar-refractivity contribution is 8.78. The van der Waals surface area contributed by atoms with Gasteiger partial charge in [-0.05, 0) is 147 Å². The van der Waals surface area contributed by atoms with Gasteiger partial charge in [-0.25, -0.2) is 0 Å². The molecule has 0 spiro atoms. The Morgan fingerprint density at radius 2 is 0.738 bits per heavy atom. The first-order valence-corrected chi connectivity index (χ1v) is 36.5. The zero-order valence-corrected chi connectivity index (χ0v) is 53.7. The van der Waals surface area contributed by atoms with Crippen LogP contribution in [0.1, 0.15) is 129 Å². The highest BCUT2D eigenvalue weighted by Crippen LogP contribution is 2.43. The van der Waals surface area contributed by atoms with Gasteiger partial charge in [-0.3, -0.25) is 28.8 Å². The summed E-state index contributed by atoms with van der Waals surface area (Å²) >= 11 is 0. The molecule has 1 aliphatic carbocycles. The molecule has 3 heterocycles. The summed E-state index contributed by atoms with van der Waals surface area (Å²) in [5.41, 5.74) is 6.30. The molecule has 0 bridgehead atoms. The van der Waals surface area contributed by atoms with Gasteiger partial charge in [-0.2, -0.15) is 0 Å². The number of hydrogen-bond acceptors (Lipinski definition) is 18. The second kappa shape index (κ2) is 37.3. The van der Waals surface area contributed by atoms with Gasteiger partial charge < -0.3 is 60.3 Å². The monoisotopic (exact) mass is 1270 g/mol. The lowest BCUT2D eigenvalue weighted by Gasteiger charge is -2.18. The lowest BCUT2D eigenvalue weighted by atomic mass is 9.92. The number of ether oxygens (including phenoxy) is 6. The first kappa shape index (κ1) is 67.1. The number of unbranched alkanes of at least 4 members (excludes halogenated alkanes) is 2. The van der Waals surface area contributed by atoms with Crippen molar-refractivity contribution in [3.05, 3.63) is 75.3 Å². The van der Waals surface area contributed by atoms with E-state index < -0.39 is 0 Å². The number of amides is 6. The van der Waals surface area contributed by atoms with E-state index in [0.717, 1.165) is 90.3 Å². The molecule has 0 radical (unpaired) electrons. The second-order valence-electron chi connectivity index (χ2n) is 21.0. The number of fused-ring (bicyclic) bond motifs is 3. The summed E-state index contributed by atoms with van der Waals surface area (Å²) in [5, 5.41) is 19.2. The van der Waals surface area contributed by atoms with Crippen LogP contribution in [-0.2, 0) is 59.4 Å². The Bertz CT molecular complexity index is 2570. The number of rotatable bonds is 36. The van der Waals surface area contributed by atoms with E-state index in [1.165, 1.54) is 36.5 Å². The summed E-state index contributed by atoms with van der Waals surface area (Å²) in [7, 11) is 16.3. The fraction of sp³-hybridized carbons (Fsp3) is 0.600. The van der Waals surface area contributed by atoms with Crippen LogP contribution in [0.5, 0.6) is 28.7 Å². The third kappa shape index (κ3) is 23.3. The van der Waals surface area contributed by atoms with Crippen molar-refractivity contribution in [2.24, 2.45) is 0 Å². The van der Waals surface area contributed by atoms with Crippen LogP contribution in [0.25, 0.3) is 0 Å². The molecule has 3 aliphatic heterocycles. The first-order chi connectivity index (χ1) is 41.0. The van der Waals surface area contributed by atoms with Gasteiger partial charge in [-0.1, -0.05) is 77.6 Å². The normalized spacial score (nSPS) is 17.0. The molecule has 3 unspecified atom stereocenters. The predicted octanol–water partition coefficient (Wildman–Crippen LogP) is 8.52. The van der Waals surface area contributed by atoms with Crippen molar-refractivity contribution in [3.63, 3.8) is 0 Å². The van der Waals surface area contributed by atoms with Crippen LogP contribution in [0.2, 0.25) is 0 Å².